The van der Waals surface area contributed by atoms with E-state index in [0.717, 1.165) is 31.2 Å². The fraction of sp³-hybridized carbons (Fsp3) is 0.588. The molecule has 114 valence electrons. The van der Waals surface area contributed by atoms with Crippen LogP contribution in [0.1, 0.15) is 54.4 Å². The topological polar surface area (TPSA) is 55.8 Å². The van der Waals surface area contributed by atoms with Gasteiger partial charge in [-0.25, -0.2) is 4.79 Å². The van der Waals surface area contributed by atoms with Gasteiger partial charge in [-0.2, -0.15) is 0 Å². The molecule has 0 aromatic heterocycles. The molecule has 1 aliphatic carbocycles. The minimum absolute atomic E-state index is 0.0177. The van der Waals surface area contributed by atoms with Crippen molar-refractivity contribution in [3.8, 4) is 5.75 Å². The van der Waals surface area contributed by atoms with E-state index in [4.69, 9.17) is 9.47 Å². The standard InChI is InChI=1S/C17H22O4/c1-12-4-5-14(16(18)19)15(10-12)21-13-6-9-20-17(11-13)7-2-3-8-17/h4-5,10,13H,2-3,6-9,11H2,1H3,(H,18,19). The Hall–Kier alpha value is -1.55. The van der Waals surface area contributed by atoms with Crippen LogP contribution < -0.4 is 4.74 Å². The summed E-state index contributed by atoms with van der Waals surface area (Å²) in [6, 6.07) is 5.25. The smallest absolute Gasteiger partial charge is 0.339 e. The average Bonchev–Trinajstić information content (AvgIpc) is 2.86. The summed E-state index contributed by atoms with van der Waals surface area (Å²) in [6.45, 7) is 2.65. The maximum atomic E-state index is 11.3. The molecular formula is C17H22O4. The van der Waals surface area contributed by atoms with Crippen molar-refractivity contribution < 1.29 is 19.4 Å². The zero-order valence-corrected chi connectivity index (χ0v) is 12.4. The quantitative estimate of drug-likeness (QED) is 0.924. The van der Waals surface area contributed by atoms with E-state index in [1.54, 1.807) is 12.1 Å². The predicted molar refractivity (Wildman–Crippen MR) is 78.9 cm³/mol. The first-order chi connectivity index (χ1) is 10.1. The lowest BCUT2D eigenvalue weighted by molar-refractivity contribution is -0.108. The largest absolute Gasteiger partial charge is 0.489 e. The molecule has 1 aromatic rings. The molecule has 21 heavy (non-hydrogen) atoms. The molecule has 1 aliphatic heterocycles. The van der Waals surface area contributed by atoms with E-state index in [1.807, 2.05) is 13.0 Å². The second-order valence-corrected chi connectivity index (χ2v) is 6.28. The van der Waals surface area contributed by atoms with E-state index < -0.39 is 5.97 Å². The number of carbonyl (C=O) groups is 1. The van der Waals surface area contributed by atoms with E-state index in [0.29, 0.717) is 12.4 Å². The van der Waals surface area contributed by atoms with Crippen molar-refractivity contribution in [3.05, 3.63) is 29.3 Å². The van der Waals surface area contributed by atoms with Crippen molar-refractivity contribution in [2.75, 3.05) is 6.61 Å². The maximum Gasteiger partial charge on any atom is 0.339 e. The van der Waals surface area contributed by atoms with Crippen LogP contribution in [-0.4, -0.2) is 29.4 Å². The molecule has 1 saturated carbocycles. The van der Waals surface area contributed by atoms with Crippen molar-refractivity contribution in [2.24, 2.45) is 0 Å². The molecule has 4 heteroatoms. The van der Waals surface area contributed by atoms with Gasteiger partial charge in [-0.3, -0.25) is 0 Å². The molecule has 0 amide bonds. The van der Waals surface area contributed by atoms with Crippen LogP contribution in [0, 0.1) is 6.92 Å². The molecule has 1 heterocycles. The molecule has 1 saturated heterocycles. The second-order valence-electron chi connectivity index (χ2n) is 6.28. The van der Waals surface area contributed by atoms with Gasteiger partial charge in [0.05, 0.1) is 12.2 Å². The lowest BCUT2D eigenvalue weighted by Crippen LogP contribution is -2.41. The van der Waals surface area contributed by atoms with E-state index in [1.165, 1.54) is 12.8 Å². The number of aryl methyl sites for hydroxylation is 1. The van der Waals surface area contributed by atoms with Crippen molar-refractivity contribution in [1.29, 1.82) is 0 Å². The van der Waals surface area contributed by atoms with Gasteiger partial charge in [0.15, 0.2) is 0 Å². The zero-order valence-electron chi connectivity index (χ0n) is 12.4. The summed E-state index contributed by atoms with van der Waals surface area (Å²) in [6.07, 6.45) is 6.40. The Morgan fingerprint density at radius 2 is 2.14 bits per heavy atom. The Bertz CT molecular complexity index is 532. The highest BCUT2D eigenvalue weighted by atomic mass is 16.5. The Morgan fingerprint density at radius 1 is 1.38 bits per heavy atom. The van der Waals surface area contributed by atoms with Crippen LogP contribution >= 0.6 is 0 Å². The van der Waals surface area contributed by atoms with E-state index >= 15 is 0 Å². The first-order valence-electron chi connectivity index (χ1n) is 7.73. The fourth-order valence-electron chi connectivity index (χ4n) is 3.53. The number of hydrogen-bond acceptors (Lipinski definition) is 3. The summed E-state index contributed by atoms with van der Waals surface area (Å²) in [4.78, 5) is 11.3. The van der Waals surface area contributed by atoms with Gasteiger partial charge in [0.25, 0.3) is 0 Å². The summed E-state index contributed by atoms with van der Waals surface area (Å²) in [7, 11) is 0. The highest BCUT2D eigenvalue weighted by molar-refractivity contribution is 5.91. The van der Waals surface area contributed by atoms with Crippen molar-refractivity contribution in [1.82, 2.24) is 0 Å². The van der Waals surface area contributed by atoms with Crippen LogP contribution in [0.3, 0.4) is 0 Å². The molecule has 2 aliphatic rings. The Balaban J connectivity index is 1.77. The third kappa shape index (κ3) is 3.05. The molecule has 4 nitrogen and oxygen atoms in total. The van der Waals surface area contributed by atoms with Gasteiger partial charge in [0.2, 0.25) is 0 Å². The monoisotopic (exact) mass is 290 g/mol. The van der Waals surface area contributed by atoms with Crippen LogP contribution in [0.4, 0.5) is 0 Å². The number of ether oxygens (including phenoxy) is 2. The van der Waals surface area contributed by atoms with Crippen molar-refractivity contribution in [3.63, 3.8) is 0 Å². The maximum absolute atomic E-state index is 11.3. The van der Waals surface area contributed by atoms with Gasteiger partial charge >= 0.3 is 5.97 Å². The van der Waals surface area contributed by atoms with Gasteiger partial charge in [-0.1, -0.05) is 18.9 Å². The minimum atomic E-state index is -0.937. The fourth-order valence-corrected chi connectivity index (χ4v) is 3.53. The Kier molecular flexibility index (Phi) is 3.89. The van der Waals surface area contributed by atoms with E-state index in [9.17, 15) is 9.90 Å². The van der Waals surface area contributed by atoms with Gasteiger partial charge in [-0.15, -0.1) is 0 Å². The van der Waals surface area contributed by atoms with Crippen LogP contribution in [0.5, 0.6) is 5.75 Å². The molecule has 0 radical (unpaired) electrons. The van der Waals surface area contributed by atoms with Crippen molar-refractivity contribution in [2.45, 2.75) is 57.2 Å². The molecular weight excluding hydrogens is 268 g/mol. The molecule has 1 aromatic carbocycles. The number of carboxylic acids is 1. The van der Waals surface area contributed by atoms with Crippen LogP contribution in [0.25, 0.3) is 0 Å². The van der Waals surface area contributed by atoms with Gasteiger partial charge in [0, 0.05) is 12.8 Å². The van der Waals surface area contributed by atoms with Crippen molar-refractivity contribution >= 4 is 5.97 Å². The van der Waals surface area contributed by atoms with Crippen LogP contribution in [0.15, 0.2) is 18.2 Å². The second kappa shape index (κ2) is 5.68. The highest BCUT2D eigenvalue weighted by Crippen LogP contribution is 2.41. The summed E-state index contributed by atoms with van der Waals surface area (Å²) >= 11 is 0. The number of rotatable bonds is 3. The zero-order chi connectivity index (χ0) is 14.9. The molecule has 2 fully saturated rings. The molecule has 1 N–H and O–H groups in total. The first-order valence-corrected chi connectivity index (χ1v) is 7.73. The van der Waals surface area contributed by atoms with E-state index in [-0.39, 0.29) is 17.3 Å². The lowest BCUT2D eigenvalue weighted by atomic mass is 9.90. The average molecular weight is 290 g/mol. The van der Waals surface area contributed by atoms with Gasteiger partial charge < -0.3 is 14.6 Å². The summed E-state index contributed by atoms with van der Waals surface area (Å²) in [5, 5.41) is 9.29. The third-order valence-corrected chi connectivity index (χ3v) is 4.62. The SMILES string of the molecule is Cc1ccc(C(=O)O)c(OC2CCOC3(CCCC3)C2)c1. The summed E-state index contributed by atoms with van der Waals surface area (Å²) in [5.41, 5.74) is 1.24. The van der Waals surface area contributed by atoms with Gasteiger partial charge in [0.1, 0.15) is 17.4 Å². The molecule has 0 bridgehead atoms. The summed E-state index contributed by atoms with van der Waals surface area (Å²) in [5.74, 6) is -0.449. The molecule has 1 unspecified atom stereocenters. The normalized spacial score (nSPS) is 24.1. The Morgan fingerprint density at radius 3 is 2.86 bits per heavy atom. The lowest BCUT2D eigenvalue weighted by Gasteiger charge is -2.38. The minimum Gasteiger partial charge on any atom is -0.489 e. The third-order valence-electron chi connectivity index (χ3n) is 4.62. The number of benzene rings is 1. The molecule has 3 rings (SSSR count). The van der Waals surface area contributed by atoms with Crippen LogP contribution in [-0.2, 0) is 4.74 Å². The van der Waals surface area contributed by atoms with Crippen LogP contribution in [0.2, 0.25) is 0 Å². The number of carboxylic acid groups (broad SMARTS) is 1. The van der Waals surface area contributed by atoms with E-state index in [2.05, 4.69) is 0 Å². The number of hydrogen-bond donors (Lipinski definition) is 1. The number of aromatic carboxylic acids is 1. The molecule has 1 spiro atoms. The molecule has 1 atom stereocenters. The predicted octanol–water partition coefficient (Wildman–Crippen LogP) is 3.56. The summed E-state index contributed by atoms with van der Waals surface area (Å²) < 4.78 is 12.1. The van der Waals surface area contributed by atoms with Gasteiger partial charge in [-0.05, 0) is 37.5 Å². The first kappa shape index (κ1) is 14.4. The highest BCUT2D eigenvalue weighted by Gasteiger charge is 2.40. The Labute approximate surface area is 125 Å².